The summed E-state index contributed by atoms with van der Waals surface area (Å²) >= 11 is 0. The largest absolute Gasteiger partial charge is 0.469 e. The van der Waals surface area contributed by atoms with Crippen LogP contribution in [0.3, 0.4) is 0 Å². The number of piperidine rings is 1. The van der Waals surface area contributed by atoms with Crippen molar-refractivity contribution >= 4 is 5.96 Å². The number of hydrogen-bond donors (Lipinski definition) is 2. The first kappa shape index (κ1) is 19.8. The fourth-order valence-corrected chi connectivity index (χ4v) is 2.95. The molecule has 0 bridgehead atoms. The molecule has 0 aliphatic carbocycles. The van der Waals surface area contributed by atoms with Crippen molar-refractivity contribution in [2.24, 2.45) is 4.99 Å². The van der Waals surface area contributed by atoms with Gasteiger partial charge in [0, 0.05) is 45.8 Å². The number of nitrogens with zero attached hydrogens (tertiary/aromatic N) is 2. The van der Waals surface area contributed by atoms with Gasteiger partial charge in [0.15, 0.2) is 5.96 Å². The van der Waals surface area contributed by atoms with Crippen LogP contribution in [-0.4, -0.2) is 63.3 Å². The van der Waals surface area contributed by atoms with E-state index >= 15 is 0 Å². The summed E-state index contributed by atoms with van der Waals surface area (Å²) in [6.07, 6.45) is 7.57. The molecule has 6 nitrogen and oxygen atoms in total. The molecule has 2 rings (SSSR count). The Morgan fingerprint density at radius 3 is 2.84 bits per heavy atom. The lowest BCUT2D eigenvalue weighted by atomic mass is 10.1. The van der Waals surface area contributed by atoms with E-state index in [0.717, 1.165) is 64.0 Å². The van der Waals surface area contributed by atoms with Crippen molar-refractivity contribution in [1.82, 2.24) is 15.5 Å². The third-order valence-electron chi connectivity index (χ3n) is 4.33. The van der Waals surface area contributed by atoms with Gasteiger partial charge in [0.05, 0.1) is 6.26 Å². The molecule has 0 unspecified atom stereocenters. The van der Waals surface area contributed by atoms with Gasteiger partial charge in [-0.05, 0) is 51.4 Å². The lowest BCUT2D eigenvalue weighted by molar-refractivity contribution is 0.146. The molecule has 1 fully saturated rings. The summed E-state index contributed by atoms with van der Waals surface area (Å²) in [5.74, 6) is 1.89. The van der Waals surface area contributed by atoms with Gasteiger partial charge in [0.25, 0.3) is 0 Å². The molecule has 6 heteroatoms. The van der Waals surface area contributed by atoms with Gasteiger partial charge >= 0.3 is 0 Å². The molecule has 25 heavy (non-hydrogen) atoms. The quantitative estimate of drug-likeness (QED) is 0.364. The van der Waals surface area contributed by atoms with E-state index in [0.29, 0.717) is 0 Å². The molecule has 0 radical (unpaired) electrons. The molecule has 2 N–H and O–H groups in total. The predicted molar refractivity (Wildman–Crippen MR) is 102 cm³/mol. The highest BCUT2D eigenvalue weighted by Crippen LogP contribution is 2.07. The van der Waals surface area contributed by atoms with Crippen LogP contribution in [0.25, 0.3) is 0 Å². The Kier molecular flexibility index (Phi) is 10.1. The fourth-order valence-electron chi connectivity index (χ4n) is 2.95. The van der Waals surface area contributed by atoms with Crippen LogP contribution in [0.1, 0.15) is 38.4 Å². The first-order valence-electron chi connectivity index (χ1n) is 9.73. The topological polar surface area (TPSA) is 62.0 Å². The Labute approximate surface area is 152 Å². The Hall–Kier alpha value is -1.53. The van der Waals surface area contributed by atoms with Crippen LogP contribution in [0.4, 0.5) is 0 Å². The van der Waals surface area contributed by atoms with Gasteiger partial charge in [-0.25, -0.2) is 0 Å². The van der Waals surface area contributed by atoms with Crippen molar-refractivity contribution in [2.45, 2.75) is 39.0 Å². The lowest BCUT2D eigenvalue weighted by Gasteiger charge is -2.26. The molecule has 0 spiro atoms. The van der Waals surface area contributed by atoms with E-state index in [2.05, 4.69) is 20.5 Å². The Balaban J connectivity index is 1.68. The average Bonchev–Trinajstić information content (AvgIpc) is 3.15. The Morgan fingerprint density at radius 2 is 2.08 bits per heavy atom. The zero-order chi connectivity index (χ0) is 17.6. The lowest BCUT2D eigenvalue weighted by Crippen LogP contribution is -2.43. The number of aliphatic imine (C=N–C) groups is 1. The highest BCUT2D eigenvalue weighted by molar-refractivity contribution is 5.79. The third kappa shape index (κ3) is 8.93. The maximum absolute atomic E-state index is 5.38. The zero-order valence-corrected chi connectivity index (χ0v) is 15.6. The molecule has 0 amide bonds. The molecule has 0 saturated carbocycles. The van der Waals surface area contributed by atoms with Gasteiger partial charge in [-0.3, -0.25) is 4.99 Å². The molecule has 1 saturated heterocycles. The minimum Gasteiger partial charge on any atom is -0.469 e. The standard InChI is InChI=1S/C19H34N4O2/c1-2-24-16-7-10-20-19(21-11-9-18-8-6-17-25-18)22-12-15-23-13-4-3-5-14-23/h6,8,17H,2-5,7,9-16H2,1H3,(H2,20,21,22). The van der Waals surface area contributed by atoms with Crippen LogP contribution in [-0.2, 0) is 11.2 Å². The first-order chi connectivity index (χ1) is 12.4. The smallest absolute Gasteiger partial charge is 0.191 e. The van der Waals surface area contributed by atoms with Crippen LogP contribution < -0.4 is 10.6 Å². The van der Waals surface area contributed by atoms with Gasteiger partial charge in [0.2, 0.25) is 0 Å². The van der Waals surface area contributed by atoms with E-state index in [9.17, 15) is 0 Å². The SMILES string of the molecule is CCOCCCN=C(NCCc1ccco1)NCCN1CCCCC1. The van der Waals surface area contributed by atoms with E-state index in [4.69, 9.17) is 9.15 Å². The summed E-state index contributed by atoms with van der Waals surface area (Å²) in [5, 5.41) is 6.87. The van der Waals surface area contributed by atoms with Gasteiger partial charge in [0.1, 0.15) is 5.76 Å². The number of nitrogens with one attached hydrogen (secondary N) is 2. The molecule has 142 valence electrons. The van der Waals surface area contributed by atoms with Crippen LogP contribution in [0.5, 0.6) is 0 Å². The van der Waals surface area contributed by atoms with Crippen molar-refractivity contribution in [3.63, 3.8) is 0 Å². The van der Waals surface area contributed by atoms with Crippen molar-refractivity contribution in [3.8, 4) is 0 Å². The van der Waals surface area contributed by atoms with E-state index < -0.39 is 0 Å². The van der Waals surface area contributed by atoms with Crippen molar-refractivity contribution in [2.75, 3.05) is 52.5 Å². The maximum Gasteiger partial charge on any atom is 0.191 e. The average molecular weight is 351 g/mol. The van der Waals surface area contributed by atoms with Crippen LogP contribution >= 0.6 is 0 Å². The number of guanidine groups is 1. The zero-order valence-electron chi connectivity index (χ0n) is 15.6. The number of hydrogen-bond acceptors (Lipinski definition) is 4. The molecule has 1 aromatic rings. The summed E-state index contributed by atoms with van der Waals surface area (Å²) in [5.41, 5.74) is 0. The molecule has 1 aromatic heterocycles. The fraction of sp³-hybridized carbons (Fsp3) is 0.737. The van der Waals surface area contributed by atoms with Crippen LogP contribution in [0.15, 0.2) is 27.8 Å². The summed E-state index contributed by atoms with van der Waals surface area (Å²) in [6.45, 7) is 9.62. The highest BCUT2D eigenvalue weighted by Gasteiger charge is 2.09. The van der Waals surface area contributed by atoms with Gasteiger partial charge in [-0.15, -0.1) is 0 Å². The molecular formula is C19H34N4O2. The molecule has 0 atom stereocenters. The number of furan rings is 1. The Morgan fingerprint density at radius 1 is 1.24 bits per heavy atom. The second-order valence-electron chi connectivity index (χ2n) is 6.37. The summed E-state index contributed by atoms with van der Waals surface area (Å²) in [4.78, 5) is 7.20. The van der Waals surface area contributed by atoms with Crippen LogP contribution in [0.2, 0.25) is 0 Å². The molecule has 1 aliphatic heterocycles. The number of likely N-dealkylation sites (tertiary alicyclic amines) is 1. The van der Waals surface area contributed by atoms with Crippen molar-refractivity contribution < 1.29 is 9.15 Å². The normalized spacial score (nSPS) is 16.1. The summed E-state index contributed by atoms with van der Waals surface area (Å²) < 4.78 is 10.8. The van der Waals surface area contributed by atoms with Gasteiger partial charge < -0.3 is 24.7 Å². The molecule has 2 heterocycles. The van der Waals surface area contributed by atoms with E-state index in [-0.39, 0.29) is 0 Å². The molecule has 0 aromatic carbocycles. The van der Waals surface area contributed by atoms with E-state index in [1.807, 2.05) is 19.1 Å². The number of ether oxygens (including phenoxy) is 1. The summed E-state index contributed by atoms with van der Waals surface area (Å²) in [7, 11) is 0. The van der Waals surface area contributed by atoms with Crippen LogP contribution in [0, 0.1) is 0 Å². The van der Waals surface area contributed by atoms with Crippen molar-refractivity contribution in [3.05, 3.63) is 24.2 Å². The first-order valence-corrected chi connectivity index (χ1v) is 9.73. The predicted octanol–water partition coefficient (Wildman–Crippen LogP) is 2.27. The van der Waals surface area contributed by atoms with E-state index in [1.165, 1.54) is 32.4 Å². The monoisotopic (exact) mass is 350 g/mol. The second kappa shape index (κ2) is 12.8. The minimum absolute atomic E-state index is 0.770. The third-order valence-corrected chi connectivity index (χ3v) is 4.33. The molecular weight excluding hydrogens is 316 g/mol. The van der Waals surface area contributed by atoms with Gasteiger partial charge in [-0.2, -0.15) is 0 Å². The summed E-state index contributed by atoms with van der Waals surface area (Å²) in [6, 6.07) is 3.93. The van der Waals surface area contributed by atoms with E-state index in [1.54, 1.807) is 6.26 Å². The number of rotatable bonds is 11. The maximum atomic E-state index is 5.38. The Bertz CT molecular complexity index is 456. The second-order valence-corrected chi connectivity index (χ2v) is 6.37. The molecule has 1 aliphatic rings. The highest BCUT2D eigenvalue weighted by atomic mass is 16.5. The van der Waals surface area contributed by atoms with Gasteiger partial charge in [-0.1, -0.05) is 6.42 Å². The van der Waals surface area contributed by atoms with Crippen molar-refractivity contribution in [1.29, 1.82) is 0 Å². The minimum atomic E-state index is 0.770.